The molecule has 0 saturated carbocycles. The molecular formula is C10H9N3S. The van der Waals surface area contributed by atoms with E-state index in [1.807, 2.05) is 19.9 Å². The molecule has 0 aliphatic carbocycles. The molecule has 2 aromatic rings. The van der Waals surface area contributed by atoms with E-state index in [1.54, 1.807) is 11.3 Å². The maximum atomic E-state index is 8.57. The summed E-state index contributed by atoms with van der Waals surface area (Å²) < 4.78 is 1.13. The maximum absolute atomic E-state index is 8.57. The Morgan fingerprint density at radius 3 is 2.93 bits per heavy atom. The normalized spacial score (nSPS) is 10.4. The van der Waals surface area contributed by atoms with E-state index in [-0.39, 0.29) is 0 Å². The molecule has 0 radical (unpaired) electrons. The number of pyridine rings is 1. The summed E-state index contributed by atoms with van der Waals surface area (Å²) in [5.41, 5.74) is 2.88. The van der Waals surface area contributed by atoms with Crippen molar-refractivity contribution in [1.82, 2.24) is 9.97 Å². The molecule has 3 nitrogen and oxygen atoms in total. The van der Waals surface area contributed by atoms with Crippen LogP contribution in [0.2, 0.25) is 0 Å². The van der Waals surface area contributed by atoms with Crippen molar-refractivity contribution in [2.45, 2.75) is 20.3 Å². The monoisotopic (exact) mass is 203 g/mol. The number of aryl methyl sites for hydroxylation is 2. The Bertz CT molecular complexity index is 522. The van der Waals surface area contributed by atoms with Crippen LogP contribution in [-0.2, 0) is 6.42 Å². The zero-order chi connectivity index (χ0) is 10.1. The Labute approximate surface area is 86.0 Å². The second kappa shape index (κ2) is 3.35. The Morgan fingerprint density at radius 2 is 2.21 bits per heavy atom. The van der Waals surface area contributed by atoms with Crippen molar-refractivity contribution in [1.29, 1.82) is 5.26 Å². The van der Waals surface area contributed by atoms with E-state index in [2.05, 4.69) is 16.0 Å². The zero-order valence-corrected chi connectivity index (χ0v) is 8.85. The van der Waals surface area contributed by atoms with Gasteiger partial charge in [-0.15, -0.1) is 11.3 Å². The fourth-order valence-corrected chi connectivity index (χ4v) is 2.46. The minimum atomic E-state index is 0.387. The van der Waals surface area contributed by atoms with Crippen molar-refractivity contribution < 1.29 is 0 Å². The maximum Gasteiger partial charge on any atom is 0.108 e. The van der Waals surface area contributed by atoms with Gasteiger partial charge in [0.2, 0.25) is 0 Å². The van der Waals surface area contributed by atoms with Crippen LogP contribution in [0.3, 0.4) is 0 Å². The van der Waals surface area contributed by atoms with Gasteiger partial charge in [0.05, 0.1) is 22.9 Å². The fraction of sp³-hybridized carbons (Fsp3) is 0.300. The molecule has 70 valence electrons. The van der Waals surface area contributed by atoms with Crippen molar-refractivity contribution in [2.75, 3.05) is 0 Å². The first kappa shape index (κ1) is 9.10. The molecule has 0 aliphatic heterocycles. The first-order chi connectivity index (χ1) is 6.70. The number of aromatic nitrogens is 2. The van der Waals surface area contributed by atoms with Crippen LogP contribution in [0.4, 0.5) is 0 Å². The molecule has 0 amide bonds. The summed E-state index contributed by atoms with van der Waals surface area (Å²) in [5, 5.41) is 9.44. The molecule has 4 heteroatoms. The van der Waals surface area contributed by atoms with Gasteiger partial charge in [-0.25, -0.2) is 4.98 Å². The highest BCUT2D eigenvalue weighted by Crippen LogP contribution is 2.24. The number of hydrogen-bond acceptors (Lipinski definition) is 4. The molecule has 0 aromatic carbocycles. The van der Waals surface area contributed by atoms with Crippen LogP contribution < -0.4 is 0 Å². The molecule has 0 fully saturated rings. The Balaban J connectivity index is 2.66. The first-order valence-electron chi connectivity index (χ1n) is 4.31. The standard InChI is InChI=1S/C10H9N3S/c1-6-5-8-10(7(2)12-6)13-9(14-8)3-4-11/h5H,3H2,1-2H3. The third-order valence-electron chi connectivity index (χ3n) is 1.95. The van der Waals surface area contributed by atoms with Crippen molar-refractivity contribution in [3.63, 3.8) is 0 Å². The van der Waals surface area contributed by atoms with Gasteiger partial charge in [0.25, 0.3) is 0 Å². The van der Waals surface area contributed by atoms with Gasteiger partial charge in [-0.2, -0.15) is 5.26 Å². The van der Waals surface area contributed by atoms with Gasteiger partial charge in [0, 0.05) is 5.69 Å². The van der Waals surface area contributed by atoms with Crippen LogP contribution >= 0.6 is 11.3 Å². The third kappa shape index (κ3) is 1.47. The summed E-state index contributed by atoms with van der Waals surface area (Å²) in [6.07, 6.45) is 0.387. The van der Waals surface area contributed by atoms with Gasteiger partial charge in [-0.1, -0.05) is 0 Å². The lowest BCUT2D eigenvalue weighted by Crippen LogP contribution is -1.86. The van der Waals surface area contributed by atoms with E-state index >= 15 is 0 Å². The number of nitrogens with zero attached hydrogens (tertiary/aromatic N) is 3. The molecule has 0 bridgehead atoms. The van der Waals surface area contributed by atoms with E-state index in [9.17, 15) is 0 Å². The fourth-order valence-electron chi connectivity index (χ4n) is 1.42. The van der Waals surface area contributed by atoms with E-state index in [4.69, 9.17) is 5.26 Å². The van der Waals surface area contributed by atoms with Gasteiger partial charge in [-0.05, 0) is 19.9 Å². The van der Waals surface area contributed by atoms with E-state index in [1.165, 1.54) is 0 Å². The molecule has 2 heterocycles. The summed E-state index contributed by atoms with van der Waals surface area (Å²) in [4.78, 5) is 8.71. The van der Waals surface area contributed by atoms with Crippen molar-refractivity contribution in [2.24, 2.45) is 0 Å². The number of nitriles is 1. The third-order valence-corrected chi connectivity index (χ3v) is 2.96. The van der Waals surface area contributed by atoms with Gasteiger partial charge in [0.15, 0.2) is 0 Å². The van der Waals surface area contributed by atoms with Crippen molar-refractivity contribution in [3.8, 4) is 6.07 Å². The highest BCUT2D eigenvalue weighted by Gasteiger charge is 2.07. The van der Waals surface area contributed by atoms with Crippen LogP contribution in [0.25, 0.3) is 10.2 Å². The topological polar surface area (TPSA) is 49.6 Å². The lowest BCUT2D eigenvalue weighted by molar-refractivity contribution is 1.13. The molecule has 0 N–H and O–H groups in total. The van der Waals surface area contributed by atoms with Crippen molar-refractivity contribution in [3.05, 3.63) is 22.5 Å². The highest BCUT2D eigenvalue weighted by molar-refractivity contribution is 7.18. The predicted octanol–water partition coefficient (Wildman–Crippen LogP) is 2.37. The number of hydrogen-bond donors (Lipinski definition) is 0. The summed E-state index contributed by atoms with van der Waals surface area (Å²) in [6, 6.07) is 4.12. The second-order valence-electron chi connectivity index (χ2n) is 3.14. The summed E-state index contributed by atoms with van der Waals surface area (Å²) in [6.45, 7) is 3.92. The SMILES string of the molecule is Cc1cc2sc(CC#N)nc2c(C)n1. The zero-order valence-electron chi connectivity index (χ0n) is 8.03. The minimum absolute atomic E-state index is 0.387. The molecule has 0 unspecified atom stereocenters. The summed E-state index contributed by atoms with van der Waals surface area (Å²) in [5.74, 6) is 0. The summed E-state index contributed by atoms with van der Waals surface area (Å²) >= 11 is 1.58. The quantitative estimate of drug-likeness (QED) is 0.715. The lowest BCUT2D eigenvalue weighted by atomic mass is 10.3. The molecule has 0 atom stereocenters. The molecule has 2 aromatic heterocycles. The van der Waals surface area contributed by atoms with Crippen LogP contribution in [0.5, 0.6) is 0 Å². The van der Waals surface area contributed by atoms with Crippen LogP contribution in [0.1, 0.15) is 16.4 Å². The lowest BCUT2D eigenvalue weighted by Gasteiger charge is -1.95. The number of fused-ring (bicyclic) bond motifs is 1. The van der Waals surface area contributed by atoms with Gasteiger partial charge < -0.3 is 0 Å². The van der Waals surface area contributed by atoms with Crippen molar-refractivity contribution >= 4 is 21.6 Å². The predicted molar refractivity (Wildman–Crippen MR) is 56.2 cm³/mol. The molecule has 0 spiro atoms. The summed E-state index contributed by atoms with van der Waals surface area (Å²) in [7, 11) is 0. The van der Waals surface area contributed by atoms with Gasteiger partial charge in [-0.3, -0.25) is 4.98 Å². The Kier molecular flexibility index (Phi) is 2.18. The van der Waals surface area contributed by atoms with E-state index < -0.39 is 0 Å². The number of rotatable bonds is 1. The number of thiazole rings is 1. The average Bonchev–Trinajstić information content (AvgIpc) is 2.48. The van der Waals surface area contributed by atoms with Crippen LogP contribution in [-0.4, -0.2) is 9.97 Å². The molecule has 2 rings (SSSR count). The smallest absolute Gasteiger partial charge is 0.108 e. The Hall–Kier alpha value is -1.47. The van der Waals surface area contributed by atoms with Gasteiger partial charge in [0.1, 0.15) is 10.5 Å². The molecular weight excluding hydrogens is 194 g/mol. The van der Waals surface area contributed by atoms with E-state index in [0.717, 1.165) is 26.6 Å². The largest absolute Gasteiger partial charge is 0.256 e. The van der Waals surface area contributed by atoms with E-state index in [0.29, 0.717) is 6.42 Å². The first-order valence-corrected chi connectivity index (χ1v) is 5.13. The molecule has 0 saturated heterocycles. The Morgan fingerprint density at radius 1 is 1.43 bits per heavy atom. The highest BCUT2D eigenvalue weighted by atomic mass is 32.1. The van der Waals surface area contributed by atoms with Crippen LogP contribution in [0.15, 0.2) is 6.07 Å². The average molecular weight is 203 g/mol. The van der Waals surface area contributed by atoms with Gasteiger partial charge >= 0.3 is 0 Å². The molecule has 14 heavy (non-hydrogen) atoms. The minimum Gasteiger partial charge on any atom is -0.256 e. The second-order valence-corrected chi connectivity index (χ2v) is 4.25. The van der Waals surface area contributed by atoms with Crippen LogP contribution in [0, 0.1) is 25.2 Å². The molecule has 0 aliphatic rings.